The van der Waals surface area contributed by atoms with Crippen LogP contribution in [0.3, 0.4) is 0 Å². The number of anilines is 1. The molecule has 1 saturated heterocycles. The molecule has 0 aromatic heterocycles. The van der Waals surface area contributed by atoms with Gasteiger partial charge in [0.15, 0.2) is 0 Å². The lowest BCUT2D eigenvalue weighted by Gasteiger charge is -2.35. The summed E-state index contributed by atoms with van der Waals surface area (Å²) in [5.74, 6) is 0. The minimum absolute atomic E-state index is 0.598. The van der Waals surface area contributed by atoms with Crippen molar-refractivity contribution >= 4 is 28.9 Å². The SMILES string of the molecule is Clc1ccc(Cl)c(N2CCCC(NC3CC3)C2)c1. The van der Waals surface area contributed by atoms with Crippen LogP contribution in [0.1, 0.15) is 25.7 Å². The predicted molar refractivity (Wildman–Crippen MR) is 77.9 cm³/mol. The average molecular weight is 285 g/mol. The standard InChI is InChI=1S/C14H18Cl2N2/c15-10-3-6-13(16)14(8-10)18-7-1-2-12(9-18)17-11-4-5-11/h3,6,8,11-12,17H,1-2,4-5,7,9H2. The van der Waals surface area contributed by atoms with Crippen molar-refractivity contribution in [2.45, 2.75) is 37.8 Å². The summed E-state index contributed by atoms with van der Waals surface area (Å²) in [6.07, 6.45) is 5.17. The van der Waals surface area contributed by atoms with E-state index in [2.05, 4.69) is 10.2 Å². The number of nitrogens with zero attached hydrogens (tertiary/aromatic N) is 1. The Morgan fingerprint density at radius 1 is 1.11 bits per heavy atom. The zero-order valence-corrected chi connectivity index (χ0v) is 11.8. The Bertz CT molecular complexity index is 432. The van der Waals surface area contributed by atoms with Gasteiger partial charge in [0, 0.05) is 30.2 Å². The second kappa shape index (κ2) is 5.28. The fraction of sp³-hybridized carbons (Fsp3) is 0.571. The van der Waals surface area contributed by atoms with Crippen molar-refractivity contribution in [3.8, 4) is 0 Å². The van der Waals surface area contributed by atoms with Gasteiger partial charge >= 0.3 is 0 Å². The first-order valence-electron chi connectivity index (χ1n) is 6.68. The lowest BCUT2D eigenvalue weighted by Crippen LogP contribution is -2.46. The summed E-state index contributed by atoms with van der Waals surface area (Å²) in [4.78, 5) is 2.36. The Morgan fingerprint density at radius 3 is 2.72 bits per heavy atom. The molecule has 1 N–H and O–H groups in total. The molecule has 1 aromatic rings. The van der Waals surface area contributed by atoms with Crippen molar-refractivity contribution in [1.29, 1.82) is 0 Å². The number of benzene rings is 1. The highest BCUT2D eigenvalue weighted by atomic mass is 35.5. The third kappa shape index (κ3) is 2.93. The predicted octanol–water partition coefficient (Wildman–Crippen LogP) is 3.71. The molecule has 98 valence electrons. The van der Waals surface area contributed by atoms with Crippen molar-refractivity contribution in [3.63, 3.8) is 0 Å². The average Bonchev–Trinajstić information content (AvgIpc) is 3.16. The van der Waals surface area contributed by atoms with E-state index in [4.69, 9.17) is 23.2 Å². The summed E-state index contributed by atoms with van der Waals surface area (Å²) < 4.78 is 0. The van der Waals surface area contributed by atoms with E-state index in [0.717, 1.165) is 34.9 Å². The molecule has 0 amide bonds. The highest BCUT2D eigenvalue weighted by molar-refractivity contribution is 6.35. The van der Waals surface area contributed by atoms with E-state index in [1.54, 1.807) is 0 Å². The Balaban J connectivity index is 1.72. The van der Waals surface area contributed by atoms with Gasteiger partial charge in [0.2, 0.25) is 0 Å². The van der Waals surface area contributed by atoms with E-state index in [-0.39, 0.29) is 0 Å². The number of piperidine rings is 1. The molecule has 0 spiro atoms. The minimum atomic E-state index is 0.598. The maximum absolute atomic E-state index is 6.27. The first-order valence-corrected chi connectivity index (χ1v) is 7.44. The van der Waals surface area contributed by atoms with Gasteiger partial charge in [-0.05, 0) is 43.9 Å². The monoisotopic (exact) mass is 284 g/mol. The molecule has 3 rings (SSSR count). The fourth-order valence-electron chi connectivity index (χ4n) is 2.64. The Labute approximate surface area is 118 Å². The van der Waals surface area contributed by atoms with E-state index in [1.165, 1.54) is 25.7 Å². The topological polar surface area (TPSA) is 15.3 Å². The van der Waals surface area contributed by atoms with Crippen molar-refractivity contribution in [3.05, 3.63) is 28.2 Å². The van der Waals surface area contributed by atoms with Gasteiger partial charge in [0.25, 0.3) is 0 Å². The molecule has 2 nitrogen and oxygen atoms in total. The van der Waals surface area contributed by atoms with Crippen molar-refractivity contribution < 1.29 is 0 Å². The number of hydrogen-bond donors (Lipinski definition) is 1. The second-order valence-corrected chi connectivity index (χ2v) is 6.17. The van der Waals surface area contributed by atoms with Crippen LogP contribution in [0.4, 0.5) is 5.69 Å². The van der Waals surface area contributed by atoms with E-state index in [1.807, 2.05) is 18.2 Å². The maximum Gasteiger partial charge on any atom is 0.0640 e. The van der Waals surface area contributed by atoms with E-state index in [0.29, 0.717) is 6.04 Å². The Kier molecular flexibility index (Phi) is 3.69. The molecule has 1 aromatic carbocycles. The van der Waals surface area contributed by atoms with Gasteiger partial charge in [0.1, 0.15) is 0 Å². The highest BCUT2D eigenvalue weighted by Crippen LogP contribution is 2.31. The number of rotatable bonds is 3. The smallest absolute Gasteiger partial charge is 0.0640 e. The molecule has 1 heterocycles. The van der Waals surface area contributed by atoms with E-state index in [9.17, 15) is 0 Å². The molecule has 2 aliphatic rings. The molecule has 0 bridgehead atoms. The van der Waals surface area contributed by atoms with Gasteiger partial charge in [-0.1, -0.05) is 23.2 Å². The summed E-state index contributed by atoms with van der Waals surface area (Å²) >= 11 is 12.3. The van der Waals surface area contributed by atoms with Crippen LogP contribution >= 0.6 is 23.2 Å². The molecule has 18 heavy (non-hydrogen) atoms. The zero-order chi connectivity index (χ0) is 12.5. The number of halogens is 2. The quantitative estimate of drug-likeness (QED) is 0.910. The normalized spacial score (nSPS) is 24.3. The molecule has 2 fully saturated rings. The molecule has 1 aliphatic carbocycles. The van der Waals surface area contributed by atoms with E-state index < -0.39 is 0 Å². The van der Waals surface area contributed by atoms with Crippen molar-refractivity contribution in [2.75, 3.05) is 18.0 Å². The van der Waals surface area contributed by atoms with Crippen LogP contribution < -0.4 is 10.2 Å². The first-order chi connectivity index (χ1) is 8.72. The van der Waals surface area contributed by atoms with Crippen LogP contribution in [0, 0.1) is 0 Å². The van der Waals surface area contributed by atoms with Crippen molar-refractivity contribution in [1.82, 2.24) is 5.32 Å². The summed E-state index contributed by atoms with van der Waals surface area (Å²) in [6.45, 7) is 2.11. The molecular weight excluding hydrogens is 267 g/mol. The molecule has 1 atom stereocenters. The van der Waals surface area contributed by atoms with Crippen LogP contribution in [0.25, 0.3) is 0 Å². The summed E-state index contributed by atoms with van der Waals surface area (Å²) in [6, 6.07) is 7.07. The van der Waals surface area contributed by atoms with Crippen molar-refractivity contribution in [2.24, 2.45) is 0 Å². The van der Waals surface area contributed by atoms with Gasteiger partial charge in [-0.3, -0.25) is 0 Å². The summed E-state index contributed by atoms with van der Waals surface area (Å²) in [5, 5.41) is 5.26. The fourth-order valence-corrected chi connectivity index (χ4v) is 3.05. The molecule has 0 radical (unpaired) electrons. The van der Waals surface area contributed by atoms with Gasteiger partial charge < -0.3 is 10.2 Å². The highest BCUT2D eigenvalue weighted by Gasteiger charge is 2.28. The first kappa shape index (κ1) is 12.6. The summed E-state index contributed by atoms with van der Waals surface area (Å²) in [5.41, 5.74) is 1.08. The summed E-state index contributed by atoms with van der Waals surface area (Å²) in [7, 11) is 0. The van der Waals surface area contributed by atoms with Gasteiger partial charge in [0.05, 0.1) is 10.7 Å². The van der Waals surface area contributed by atoms with Crippen LogP contribution in [0.2, 0.25) is 10.0 Å². The third-order valence-electron chi connectivity index (χ3n) is 3.72. The van der Waals surface area contributed by atoms with Crippen LogP contribution in [0.5, 0.6) is 0 Å². The largest absolute Gasteiger partial charge is 0.369 e. The number of nitrogens with one attached hydrogen (secondary N) is 1. The second-order valence-electron chi connectivity index (χ2n) is 5.32. The molecule has 1 aliphatic heterocycles. The van der Waals surface area contributed by atoms with Crippen LogP contribution in [-0.4, -0.2) is 25.2 Å². The lowest BCUT2D eigenvalue weighted by atomic mass is 10.0. The molecular formula is C14H18Cl2N2. The lowest BCUT2D eigenvalue weighted by molar-refractivity contribution is 0.420. The van der Waals surface area contributed by atoms with E-state index >= 15 is 0 Å². The molecule has 1 unspecified atom stereocenters. The molecule has 1 saturated carbocycles. The Hall–Kier alpha value is -0.440. The maximum atomic E-state index is 6.27. The van der Waals surface area contributed by atoms with Gasteiger partial charge in [-0.2, -0.15) is 0 Å². The van der Waals surface area contributed by atoms with Gasteiger partial charge in [-0.25, -0.2) is 0 Å². The third-order valence-corrected chi connectivity index (χ3v) is 4.27. The van der Waals surface area contributed by atoms with Crippen LogP contribution in [0.15, 0.2) is 18.2 Å². The zero-order valence-electron chi connectivity index (χ0n) is 10.3. The van der Waals surface area contributed by atoms with Crippen LogP contribution in [-0.2, 0) is 0 Å². The molecule has 4 heteroatoms. The number of hydrogen-bond acceptors (Lipinski definition) is 2. The van der Waals surface area contributed by atoms with Gasteiger partial charge in [-0.15, -0.1) is 0 Å². The minimum Gasteiger partial charge on any atom is -0.369 e. The Morgan fingerprint density at radius 2 is 1.94 bits per heavy atom.